The van der Waals surface area contributed by atoms with Crippen LogP contribution in [-0.2, 0) is 19.1 Å². The fourth-order valence-electron chi connectivity index (χ4n) is 1.36. The molecule has 0 saturated heterocycles. The fourth-order valence-corrected chi connectivity index (χ4v) is 1.36. The van der Waals surface area contributed by atoms with Crippen molar-refractivity contribution in [3.8, 4) is 0 Å². The van der Waals surface area contributed by atoms with E-state index in [4.69, 9.17) is 4.74 Å². The summed E-state index contributed by atoms with van der Waals surface area (Å²) in [7, 11) is 1.17. The molecule has 0 N–H and O–H groups in total. The molecular formula is C12H13NO6. The van der Waals surface area contributed by atoms with Crippen molar-refractivity contribution in [2.75, 3.05) is 13.7 Å². The van der Waals surface area contributed by atoms with Crippen molar-refractivity contribution in [3.05, 3.63) is 46.0 Å². The lowest BCUT2D eigenvalue weighted by Crippen LogP contribution is -2.22. The summed E-state index contributed by atoms with van der Waals surface area (Å²) in [4.78, 5) is 32.5. The van der Waals surface area contributed by atoms with Gasteiger partial charge in [0.2, 0.25) is 12.6 Å². The summed E-state index contributed by atoms with van der Waals surface area (Å²) in [6, 6.07) is 8.30. The van der Waals surface area contributed by atoms with E-state index in [-0.39, 0.29) is 0 Å². The second-order valence-corrected chi connectivity index (χ2v) is 3.61. The van der Waals surface area contributed by atoms with E-state index >= 15 is 0 Å². The number of nitro groups is 1. The molecule has 0 fully saturated rings. The minimum Gasteiger partial charge on any atom is -0.466 e. The Kier molecular flexibility index (Phi) is 5.46. The molecule has 102 valence electrons. The van der Waals surface area contributed by atoms with Gasteiger partial charge >= 0.3 is 11.9 Å². The molecule has 0 aliphatic carbocycles. The van der Waals surface area contributed by atoms with Gasteiger partial charge in [0.15, 0.2) is 0 Å². The Morgan fingerprint density at radius 3 is 2.47 bits per heavy atom. The van der Waals surface area contributed by atoms with Crippen LogP contribution in [0.15, 0.2) is 30.3 Å². The molecule has 1 aromatic carbocycles. The number of benzene rings is 1. The standard InChI is InChI=1S/C12H13NO6/c1-18-12(15)11(9-5-3-2-4-6-9)19-10(14)7-8-13(16)17/h2-6,11H,7-8H2,1H3/t11-/m1/s1. The van der Waals surface area contributed by atoms with E-state index in [0.29, 0.717) is 5.56 Å². The Morgan fingerprint density at radius 2 is 1.95 bits per heavy atom. The summed E-state index contributed by atoms with van der Waals surface area (Å²) in [5, 5.41) is 10.2. The highest BCUT2D eigenvalue weighted by molar-refractivity contribution is 5.80. The van der Waals surface area contributed by atoms with E-state index in [1.165, 1.54) is 7.11 Å². The Bertz CT molecular complexity index is 459. The van der Waals surface area contributed by atoms with Gasteiger partial charge in [-0.25, -0.2) is 4.79 Å². The van der Waals surface area contributed by atoms with Gasteiger partial charge in [-0.2, -0.15) is 0 Å². The Labute approximate surface area is 109 Å². The smallest absolute Gasteiger partial charge is 0.351 e. The molecule has 7 nitrogen and oxygen atoms in total. The number of esters is 2. The van der Waals surface area contributed by atoms with Crippen LogP contribution in [0, 0.1) is 10.1 Å². The molecule has 0 amide bonds. The van der Waals surface area contributed by atoms with E-state index in [1.54, 1.807) is 30.3 Å². The number of methoxy groups -OCH3 is 1. The Balaban J connectivity index is 2.74. The number of carbonyl (C=O) groups is 2. The van der Waals surface area contributed by atoms with Crippen molar-refractivity contribution in [1.82, 2.24) is 0 Å². The zero-order valence-electron chi connectivity index (χ0n) is 10.3. The molecule has 19 heavy (non-hydrogen) atoms. The van der Waals surface area contributed by atoms with Crippen molar-refractivity contribution in [1.29, 1.82) is 0 Å². The van der Waals surface area contributed by atoms with Crippen molar-refractivity contribution in [2.24, 2.45) is 0 Å². The lowest BCUT2D eigenvalue weighted by molar-refractivity contribution is -0.479. The first-order valence-corrected chi connectivity index (χ1v) is 5.48. The predicted octanol–water partition coefficient (Wildman–Crippen LogP) is 1.11. The van der Waals surface area contributed by atoms with E-state index in [0.717, 1.165) is 0 Å². The normalized spacial score (nSPS) is 11.4. The minimum atomic E-state index is -1.20. The van der Waals surface area contributed by atoms with Gasteiger partial charge in [-0.3, -0.25) is 14.9 Å². The van der Waals surface area contributed by atoms with Crippen LogP contribution >= 0.6 is 0 Å². The van der Waals surface area contributed by atoms with Gasteiger partial charge in [0, 0.05) is 10.5 Å². The maximum absolute atomic E-state index is 11.6. The van der Waals surface area contributed by atoms with E-state index < -0.39 is 35.9 Å². The first-order chi connectivity index (χ1) is 9.04. The molecule has 7 heteroatoms. The van der Waals surface area contributed by atoms with Crippen molar-refractivity contribution >= 4 is 11.9 Å². The van der Waals surface area contributed by atoms with Crippen LogP contribution in [0.25, 0.3) is 0 Å². The molecule has 0 spiro atoms. The molecule has 0 bridgehead atoms. The van der Waals surface area contributed by atoms with Crippen LogP contribution in [0.2, 0.25) is 0 Å². The second kappa shape index (κ2) is 7.10. The highest BCUT2D eigenvalue weighted by Gasteiger charge is 2.26. The number of nitrogens with zero attached hydrogens (tertiary/aromatic N) is 1. The van der Waals surface area contributed by atoms with Crippen molar-refractivity contribution < 1.29 is 24.0 Å². The quantitative estimate of drug-likeness (QED) is 0.435. The molecule has 1 rings (SSSR count). The summed E-state index contributed by atoms with van der Waals surface area (Å²) in [6.07, 6.45) is -1.60. The molecule has 0 unspecified atom stereocenters. The third-order valence-electron chi connectivity index (χ3n) is 2.27. The molecule has 0 saturated carbocycles. The highest BCUT2D eigenvalue weighted by Crippen LogP contribution is 2.19. The first-order valence-electron chi connectivity index (χ1n) is 5.48. The molecular weight excluding hydrogens is 254 g/mol. The number of ether oxygens (including phenoxy) is 2. The Morgan fingerprint density at radius 1 is 1.32 bits per heavy atom. The SMILES string of the molecule is COC(=O)[C@H](OC(=O)CC[N+](=O)[O-])c1ccccc1. The molecule has 0 aliphatic rings. The average Bonchev–Trinajstić information content (AvgIpc) is 2.42. The summed E-state index contributed by atoms with van der Waals surface area (Å²) in [5.74, 6) is -1.56. The van der Waals surface area contributed by atoms with E-state index in [9.17, 15) is 19.7 Å². The van der Waals surface area contributed by atoms with Gasteiger partial charge in [-0.15, -0.1) is 0 Å². The number of hydrogen-bond donors (Lipinski definition) is 0. The summed E-state index contributed by atoms with van der Waals surface area (Å²) in [5.41, 5.74) is 0.448. The highest BCUT2D eigenvalue weighted by atomic mass is 16.6. The fraction of sp³-hybridized carbons (Fsp3) is 0.333. The zero-order chi connectivity index (χ0) is 14.3. The van der Waals surface area contributed by atoms with Gasteiger partial charge in [-0.05, 0) is 0 Å². The van der Waals surface area contributed by atoms with Gasteiger partial charge in [0.1, 0.15) is 6.42 Å². The predicted molar refractivity (Wildman–Crippen MR) is 63.8 cm³/mol. The minimum absolute atomic E-state index is 0.396. The molecule has 0 aliphatic heterocycles. The summed E-state index contributed by atoms with van der Waals surface area (Å²) < 4.78 is 9.46. The monoisotopic (exact) mass is 267 g/mol. The third-order valence-corrected chi connectivity index (χ3v) is 2.27. The summed E-state index contributed by atoms with van der Waals surface area (Å²) in [6.45, 7) is -0.540. The van der Waals surface area contributed by atoms with E-state index in [1.807, 2.05) is 0 Å². The first kappa shape index (κ1) is 14.6. The largest absolute Gasteiger partial charge is 0.466 e. The third kappa shape index (κ3) is 4.74. The molecule has 1 aromatic rings. The van der Waals surface area contributed by atoms with Crippen LogP contribution in [0.3, 0.4) is 0 Å². The van der Waals surface area contributed by atoms with Crippen molar-refractivity contribution in [3.63, 3.8) is 0 Å². The zero-order valence-corrected chi connectivity index (χ0v) is 10.3. The van der Waals surface area contributed by atoms with Crippen LogP contribution < -0.4 is 0 Å². The molecule has 1 atom stereocenters. The number of hydrogen-bond acceptors (Lipinski definition) is 6. The number of rotatable bonds is 6. The topological polar surface area (TPSA) is 95.7 Å². The number of carbonyl (C=O) groups excluding carboxylic acids is 2. The molecule has 0 aromatic heterocycles. The van der Waals surface area contributed by atoms with Gasteiger partial charge < -0.3 is 9.47 Å². The molecule has 0 heterocycles. The van der Waals surface area contributed by atoms with Gasteiger partial charge in [-0.1, -0.05) is 30.3 Å². The second-order valence-electron chi connectivity index (χ2n) is 3.61. The lowest BCUT2D eigenvalue weighted by Gasteiger charge is -2.15. The summed E-state index contributed by atoms with van der Waals surface area (Å²) >= 11 is 0. The van der Waals surface area contributed by atoms with Crippen LogP contribution in [0.1, 0.15) is 18.1 Å². The van der Waals surface area contributed by atoms with Crippen LogP contribution in [0.4, 0.5) is 0 Å². The van der Waals surface area contributed by atoms with Crippen molar-refractivity contribution in [2.45, 2.75) is 12.5 Å². The average molecular weight is 267 g/mol. The van der Waals surface area contributed by atoms with Gasteiger partial charge in [0.25, 0.3) is 0 Å². The van der Waals surface area contributed by atoms with Gasteiger partial charge in [0.05, 0.1) is 7.11 Å². The lowest BCUT2D eigenvalue weighted by atomic mass is 10.1. The van der Waals surface area contributed by atoms with Crippen LogP contribution in [0.5, 0.6) is 0 Å². The Hall–Kier alpha value is -2.44. The van der Waals surface area contributed by atoms with Crippen LogP contribution in [-0.4, -0.2) is 30.5 Å². The molecule has 0 radical (unpaired) electrons. The van der Waals surface area contributed by atoms with E-state index in [2.05, 4.69) is 4.74 Å². The maximum Gasteiger partial charge on any atom is 0.351 e. The maximum atomic E-state index is 11.6.